The van der Waals surface area contributed by atoms with Gasteiger partial charge in [-0.3, -0.25) is 4.79 Å². The number of aryl methyl sites for hydroxylation is 1. The smallest absolute Gasteiger partial charge is 0.255 e. The zero-order valence-electron chi connectivity index (χ0n) is 19.7. The van der Waals surface area contributed by atoms with E-state index in [1.165, 1.54) is 10.5 Å². The van der Waals surface area contributed by atoms with E-state index in [4.69, 9.17) is 0 Å². The molecular formula is C26H30N4O3S. The van der Waals surface area contributed by atoms with Crippen molar-refractivity contribution in [3.05, 3.63) is 95.6 Å². The van der Waals surface area contributed by atoms with E-state index in [9.17, 15) is 13.2 Å². The van der Waals surface area contributed by atoms with Gasteiger partial charge in [0.1, 0.15) is 0 Å². The summed E-state index contributed by atoms with van der Waals surface area (Å²) in [7, 11) is 0.0546. The molecule has 8 heteroatoms. The predicted molar refractivity (Wildman–Crippen MR) is 137 cm³/mol. The number of amides is 1. The molecule has 34 heavy (non-hydrogen) atoms. The molecule has 3 aromatic rings. The molecule has 0 aromatic heterocycles. The van der Waals surface area contributed by atoms with Crippen LogP contribution in [0.1, 0.15) is 16.7 Å². The highest BCUT2D eigenvalue weighted by atomic mass is 32.2. The molecule has 0 saturated heterocycles. The molecule has 1 amide bonds. The molecule has 0 aliphatic carbocycles. The number of anilines is 1. The summed E-state index contributed by atoms with van der Waals surface area (Å²) in [6.45, 7) is 1.73. The van der Waals surface area contributed by atoms with Crippen molar-refractivity contribution in [3.8, 4) is 0 Å². The van der Waals surface area contributed by atoms with Crippen LogP contribution in [0.25, 0.3) is 0 Å². The van der Waals surface area contributed by atoms with Gasteiger partial charge in [-0.1, -0.05) is 60.2 Å². The molecule has 3 aromatic carbocycles. The summed E-state index contributed by atoms with van der Waals surface area (Å²) in [4.78, 5) is 14.7. The monoisotopic (exact) mass is 478 g/mol. The minimum Gasteiger partial charge on any atom is -0.378 e. The molecule has 0 aliphatic heterocycles. The van der Waals surface area contributed by atoms with Gasteiger partial charge in [0.25, 0.3) is 5.91 Å². The van der Waals surface area contributed by atoms with Gasteiger partial charge in [0.2, 0.25) is 10.0 Å². The lowest BCUT2D eigenvalue weighted by Crippen LogP contribution is -2.40. The van der Waals surface area contributed by atoms with Crippen molar-refractivity contribution in [2.24, 2.45) is 5.10 Å². The number of benzene rings is 3. The van der Waals surface area contributed by atoms with Crippen molar-refractivity contribution in [2.45, 2.75) is 18.2 Å². The topological polar surface area (TPSA) is 82.1 Å². The first-order chi connectivity index (χ1) is 16.3. The van der Waals surface area contributed by atoms with E-state index in [1.54, 1.807) is 24.3 Å². The highest BCUT2D eigenvalue weighted by Crippen LogP contribution is 2.17. The zero-order valence-corrected chi connectivity index (χ0v) is 20.5. The highest BCUT2D eigenvalue weighted by Gasteiger charge is 2.26. The Labute approximate surface area is 201 Å². The summed E-state index contributed by atoms with van der Waals surface area (Å²) >= 11 is 0. The van der Waals surface area contributed by atoms with E-state index in [0.29, 0.717) is 6.42 Å². The number of rotatable bonds is 10. The van der Waals surface area contributed by atoms with Crippen molar-refractivity contribution in [2.75, 3.05) is 32.1 Å². The van der Waals surface area contributed by atoms with Crippen LogP contribution in [0.2, 0.25) is 0 Å². The van der Waals surface area contributed by atoms with E-state index >= 15 is 0 Å². The number of sulfonamides is 1. The fraction of sp³-hybridized carbons (Fsp3) is 0.231. The van der Waals surface area contributed by atoms with Gasteiger partial charge < -0.3 is 4.90 Å². The van der Waals surface area contributed by atoms with Gasteiger partial charge in [-0.15, -0.1) is 0 Å². The Morgan fingerprint density at radius 1 is 0.941 bits per heavy atom. The predicted octanol–water partition coefficient (Wildman–Crippen LogP) is 3.44. The highest BCUT2D eigenvalue weighted by molar-refractivity contribution is 7.89. The summed E-state index contributed by atoms with van der Waals surface area (Å²) in [6.07, 6.45) is 2.01. The van der Waals surface area contributed by atoms with Crippen LogP contribution in [0, 0.1) is 6.92 Å². The van der Waals surface area contributed by atoms with Gasteiger partial charge in [0.05, 0.1) is 17.7 Å². The van der Waals surface area contributed by atoms with E-state index in [2.05, 4.69) is 10.5 Å². The Morgan fingerprint density at radius 2 is 1.59 bits per heavy atom. The average Bonchev–Trinajstić information content (AvgIpc) is 2.83. The van der Waals surface area contributed by atoms with E-state index in [-0.39, 0.29) is 18.0 Å². The Bertz CT molecular complexity index is 1210. The standard InChI is InChI=1S/C26H30N4O3S/c1-21-9-15-25(16-10-21)34(32,33)30(18-17-22-7-5-4-6-8-22)20-26(31)28-27-19-23-11-13-24(14-12-23)29(2)3/h4-16,19H,17-18,20H2,1-3H3,(H,28,31)/b27-19+. The first kappa shape index (κ1) is 25.1. The third-order valence-corrected chi connectivity index (χ3v) is 7.14. The molecule has 0 radical (unpaired) electrons. The first-order valence-corrected chi connectivity index (χ1v) is 12.4. The molecule has 0 saturated carbocycles. The molecule has 0 heterocycles. The average molecular weight is 479 g/mol. The molecule has 178 valence electrons. The minimum atomic E-state index is -3.86. The molecule has 0 unspecified atom stereocenters. The third-order valence-electron chi connectivity index (χ3n) is 5.28. The Morgan fingerprint density at radius 3 is 2.21 bits per heavy atom. The number of hydrogen-bond acceptors (Lipinski definition) is 5. The van der Waals surface area contributed by atoms with Gasteiger partial charge in [-0.2, -0.15) is 9.41 Å². The van der Waals surface area contributed by atoms with Crippen molar-refractivity contribution in [1.29, 1.82) is 0 Å². The van der Waals surface area contributed by atoms with Crippen molar-refractivity contribution in [1.82, 2.24) is 9.73 Å². The van der Waals surface area contributed by atoms with Gasteiger partial charge in [0.15, 0.2) is 0 Å². The quantitative estimate of drug-likeness (QED) is 0.358. The summed E-state index contributed by atoms with van der Waals surface area (Å²) in [5.74, 6) is -0.509. The maximum absolute atomic E-state index is 13.3. The molecule has 0 atom stereocenters. The molecule has 1 N–H and O–H groups in total. The SMILES string of the molecule is Cc1ccc(S(=O)(=O)N(CCc2ccccc2)CC(=O)N/N=C/c2ccc(N(C)C)cc2)cc1. The number of hydrogen-bond donors (Lipinski definition) is 1. The normalized spacial score (nSPS) is 11.6. The maximum atomic E-state index is 13.3. The van der Waals surface area contributed by atoms with Crippen LogP contribution in [-0.2, 0) is 21.2 Å². The van der Waals surface area contributed by atoms with Crippen LogP contribution < -0.4 is 10.3 Å². The number of carbonyl (C=O) groups is 1. The Hall–Kier alpha value is -3.49. The van der Waals surface area contributed by atoms with Crippen LogP contribution in [0.3, 0.4) is 0 Å². The fourth-order valence-corrected chi connectivity index (χ4v) is 4.67. The molecular weight excluding hydrogens is 448 g/mol. The van der Waals surface area contributed by atoms with E-state index in [0.717, 1.165) is 22.4 Å². The minimum absolute atomic E-state index is 0.156. The van der Waals surface area contributed by atoms with Crippen LogP contribution in [0.5, 0.6) is 0 Å². The number of nitrogens with zero attached hydrogens (tertiary/aromatic N) is 3. The Balaban J connectivity index is 1.70. The summed E-state index contributed by atoms with van der Waals surface area (Å²) in [6, 6.07) is 23.9. The zero-order chi connectivity index (χ0) is 24.6. The van der Waals surface area contributed by atoms with Crippen LogP contribution in [0.15, 0.2) is 88.9 Å². The summed E-state index contributed by atoms with van der Waals surface area (Å²) in [5.41, 5.74) is 6.27. The van der Waals surface area contributed by atoms with Gasteiger partial charge in [-0.25, -0.2) is 13.8 Å². The van der Waals surface area contributed by atoms with Crippen molar-refractivity contribution >= 4 is 27.8 Å². The second kappa shape index (κ2) is 11.6. The van der Waals surface area contributed by atoms with Crippen LogP contribution in [-0.4, -0.2) is 52.0 Å². The lowest BCUT2D eigenvalue weighted by atomic mass is 10.1. The van der Waals surface area contributed by atoms with E-state index < -0.39 is 15.9 Å². The first-order valence-electron chi connectivity index (χ1n) is 11.0. The molecule has 3 rings (SSSR count). The van der Waals surface area contributed by atoms with Gasteiger partial charge in [-0.05, 0) is 48.7 Å². The second-order valence-electron chi connectivity index (χ2n) is 8.17. The van der Waals surface area contributed by atoms with E-state index in [1.807, 2.05) is 80.5 Å². The van der Waals surface area contributed by atoms with Crippen LogP contribution in [0.4, 0.5) is 5.69 Å². The molecule has 0 aliphatic rings. The maximum Gasteiger partial charge on any atom is 0.255 e. The number of nitrogens with one attached hydrogen (secondary N) is 1. The van der Waals surface area contributed by atoms with Crippen LogP contribution >= 0.6 is 0 Å². The number of carbonyl (C=O) groups excluding carboxylic acids is 1. The number of hydrazone groups is 1. The lowest BCUT2D eigenvalue weighted by molar-refractivity contribution is -0.121. The molecule has 0 fully saturated rings. The molecule has 0 bridgehead atoms. The molecule has 0 spiro atoms. The fourth-order valence-electron chi connectivity index (χ4n) is 3.27. The summed E-state index contributed by atoms with van der Waals surface area (Å²) in [5, 5.41) is 3.99. The van der Waals surface area contributed by atoms with Gasteiger partial charge >= 0.3 is 0 Å². The van der Waals surface area contributed by atoms with Crippen molar-refractivity contribution in [3.63, 3.8) is 0 Å². The largest absolute Gasteiger partial charge is 0.378 e. The molecule has 7 nitrogen and oxygen atoms in total. The third kappa shape index (κ3) is 7.00. The lowest BCUT2D eigenvalue weighted by Gasteiger charge is -2.21. The Kier molecular flexibility index (Phi) is 8.56. The second-order valence-corrected chi connectivity index (χ2v) is 10.1. The summed E-state index contributed by atoms with van der Waals surface area (Å²) < 4.78 is 27.8. The van der Waals surface area contributed by atoms with Crippen molar-refractivity contribution < 1.29 is 13.2 Å². The van der Waals surface area contributed by atoms with Gasteiger partial charge in [0, 0.05) is 26.3 Å².